The number of aryl methyl sites for hydroxylation is 1. The summed E-state index contributed by atoms with van der Waals surface area (Å²) < 4.78 is 0. The van der Waals surface area contributed by atoms with Gasteiger partial charge in [0.1, 0.15) is 0 Å². The summed E-state index contributed by atoms with van der Waals surface area (Å²) in [7, 11) is 0. The Kier molecular flexibility index (Phi) is 5.76. The van der Waals surface area contributed by atoms with E-state index in [1.54, 1.807) is 6.20 Å². The van der Waals surface area contributed by atoms with Gasteiger partial charge in [0, 0.05) is 29.6 Å². The predicted molar refractivity (Wildman–Crippen MR) is 100 cm³/mol. The first-order chi connectivity index (χ1) is 12.1. The minimum atomic E-state index is 0.0885. The van der Waals surface area contributed by atoms with Crippen molar-refractivity contribution in [3.63, 3.8) is 0 Å². The molecule has 1 fully saturated rings. The van der Waals surface area contributed by atoms with E-state index in [0.29, 0.717) is 24.1 Å². The van der Waals surface area contributed by atoms with Crippen molar-refractivity contribution in [3.05, 3.63) is 42.2 Å². The average molecular weight is 338 g/mol. The fourth-order valence-electron chi connectivity index (χ4n) is 3.38. The molecule has 0 bridgehead atoms. The zero-order valence-electron chi connectivity index (χ0n) is 15.0. The smallest absolute Gasteiger partial charge is 0.224 e. The molecule has 2 N–H and O–H groups in total. The van der Waals surface area contributed by atoms with Gasteiger partial charge in [0.25, 0.3) is 0 Å². The zero-order valence-corrected chi connectivity index (χ0v) is 15.0. The monoisotopic (exact) mass is 338 g/mol. The van der Waals surface area contributed by atoms with Gasteiger partial charge >= 0.3 is 0 Å². The summed E-state index contributed by atoms with van der Waals surface area (Å²) in [6.45, 7) is 6.27. The van der Waals surface area contributed by atoms with Gasteiger partial charge in [0.05, 0.1) is 0 Å². The van der Waals surface area contributed by atoms with Crippen LogP contribution in [0.4, 0.5) is 5.69 Å². The van der Waals surface area contributed by atoms with Gasteiger partial charge in [-0.05, 0) is 75.0 Å². The van der Waals surface area contributed by atoms with Gasteiger partial charge in [-0.25, -0.2) is 9.97 Å². The van der Waals surface area contributed by atoms with Crippen LogP contribution in [0.1, 0.15) is 31.9 Å². The van der Waals surface area contributed by atoms with E-state index in [-0.39, 0.29) is 5.91 Å². The predicted octanol–water partition coefficient (Wildman–Crippen LogP) is 3.42. The number of benzene rings is 1. The number of aromatic nitrogens is 2. The second-order valence-corrected chi connectivity index (χ2v) is 6.92. The van der Waals surface area contributed by atoms with E-state index in [2.05, 4.69) is 27.5 Å². The van der Waals surface area contributed by atoms with Crippen molar-refractivity contribution in [3.8, 4) is 11.4 Å². The molecule has 1 saturated heterocycles. The number of hydrogen-bond acceptors (Lipinski definition) is 4. The van der Waals surface area contributed by atoms with Crippen molar-refractivity contribution in [2.24, 2.45) is 11.8 Å². The van der Waals surface area contributed by atoms with Crippen LogP contribution in [0.5, 0.6) is 0 Å². The molecule has 132 valence electrons. The van der Waals surface area contributed by atoms with Crippen LogP contribution < -0.4 is 10.6 Å². The van der Waals surface area contributed by atoms with Crippen LogP contribution in [0.15, 0.2) is 36.5 Å². The summed E-state index contributed by atoms with van der Waals surface area (Å²) >= 11 is 0. The van der Waals surface area contributed by atoms with Gasteiger partial charge in [0.15, 0.2) is 5.82 Å². The van der Waals surface area contributed by atoms with E-state index < -0.39 is 0 Å². The highest BCUT2D eigenvalue weighted by molar-refractivity contribution is 5.91. The maximum absolute atomic E-state index is 12.3. The Morgan fingerprint density at radius 3 is 2.64 bits per heavy atom. The van der Waals surface area contributed by atoms with Gasteiger partial charge in [-0.15, -0.1) is 0 Å². The molecule has 0 radical (unpaired) electrons. The highest BCUT2D eigenvalue weighted by Gasteiger charge is 2.22. The number of anilines is 1. The van der Waals surface area contributed by atoms with Crippen molar-refractivity contribution in [1.29, 1.82) is 0 Å². The lowest BCUT2D eigenvalue weighted by atomic mass is 9.84. The number of amides is 1. The molecule has 5 nitrogen and oxygen atoms in total. The van der Waals surface area contributed by atoms with E-state index in [1.807, 2.05) is 37.3 Å². The van der Waals surface area contributed by atoms with Crippen molar-refractivity contribution in [2.45, 2.75) is 33.1 Å². The number of nitrogens with one attached hydrogen (secondary N) is 2. The molecule has 1 aromatic carbocycles. The second kappa shape index (κ2) is 8.21. The first kappa shape index (κ1) is 17.5. The largest absolute Gasteiger partial charge is 0.326 e. The molecule has 2 aromatic rings. The van der Waals surface area contributed by atoms with Crippen LogP contribution in [-0.2, 0) is 4.79 Å². The molecule has 0 spiro atoms. The van der Waals surface area contributed by atoms with Gasteiger partial charge in [-0.1, -0.05) is 6.92 Å². The lowest BCUT2D eigenvalue weighted by molar-refractivity contribution is -0.117. The molecule has 25 heavy (non-hydrogen) atoms. The van der Waals surface area contributed by atoms with E-state index in [9.17, 15) is 4.79 Å². The van der Waals surface area contributed by atoms with Crippen molar-refractivity contribution in [2.75, 3.05) is 18.4 Å². The van der Waals surface area contributed by atoms with Gasteiger partial charge < -0.3 is 10.6 Å². The molecule has 0 saturated carbocycles. The van der Waals surface area contributed by atoms with Crippen LogP contribution in [0.2, 0.25) is 0 Å². The number of carbonyl (C=O) groups excluding carboxylic acids is 1. The van der Waals surface area contributed by atoms with E-state index in [1.165, 1.54) is 12.8 Å². The van der Waals surface area contributed by atoms with Gasteiger partial charge in [-0.3, -0.25) is 4.79 Å². The molecule has 1 aliphatic rings. The number of rotatable bonds is 5. The summed E-state index contributed by atoms with van der Waals surface area (Å²) in [5, 5.41) is 6.38. The number of carbonyl (C=O) groups is 1. The molecule has 1 aliphatic heterocycles. The zero-order chi connectivity index (χ0) is 17.6. The van der Waals surface area contributed by atoms with Gasteiger partial charge in [-0.2, -0.15) is 0 Å². The Morgan fingerprint density at radius 1 is 1.24 bits per heavy atom. The fraction of sp³-hybridized carbons (Fsp3) is 0.450. The van der Waals surface area contributed by atoms with E-state index in [0.717, 1.165) is 30.0 Å². The van der Waals surface area contributed by atoms with Crippen molar-refractivity contribution < 1.29 is 4.79 Å². The first-order valence-electron chi connectivity index (χ1n) is 9.02. The third-order valence-electron chi connectivity index (χ3n) is 4.92. The molecule has 1 aromatic heterocycles. The maximum Gasteiger partial charge on any atom is 0.224 e. The number of piperidine rings is 1. The highest BCUT2D eigenvalue weighted by Crippen LogP contribution is 2.25. The quantitative estimate of drug-likeness (QED) is 0.877. The Bertz CT molecular complexity index is 708. The summed E-state index contributed by atoms with van der Waals surface area (Å²) in [5.41, 5.74) is 2.71. The summed E-state index contributed by atoms with van der Waals surface area (Å²) in [4.78, 5) is 21.0. The van der Waals surface area contributed by atoms with E-state index in [4.69, 9.17) is 0 Å². The summed E-state index contributed by atoms with van der Waals surface area (Å²) in [6, 6.07) is 9.59. The Hall–Kier alpha value is -2.27. The third-order valence-corrected chi connectivity index (χ3v) is 4.92. The van der Waals surface area contributed by atoms with Crippen molar-refractivity contribution in [1.82, 2.24) is 15.3 Å². The molecule has 2 heterocycles. The Morgan fingerprint density at radius 2 is 1.96 bits per heavy atom. The van der Waals surface area contributed by atoms with Crippen LogP contribution in [0, 0.1) is 18.8 Å². The van der Waals surface area contributed by atoms with Crippen LogP contribution in [-0.4, -0.2) is 29.0 Å². The second-order valence-electron chi connectivity index (χ2n) is 6.92. The summed E-state index contributed by atoms with van der Waals surface area (Å²) in [6.07, 6.45) is 4.67. The third kappa shape index (κ3) is 4.86. The number of nitrogens with zero attached hydrogens (tertiary/aromatic N) is 2. The molecular formula is C20H26N4O. The molecule has 1 atom stereocenters. The Balaban J connectivity index is 1.56. The van der Waals surface area contributed by atoms with Crippen molar-refractivity contribution >= 4 is 11.6 Å². The first-order valence-corrected chi connectivity index (χ1v) is 9.02. The molecule has 5 heteroatoms. The Labute approximate surface area is 149 Å². The fourth-order valence-corrected chi connectivity index (χ4v) is 3.38. The minimum Gasteiger partial charge on any atom is -0.326 e. The van der Waals surface area contributed by atoms with Gasteiger partial charge in [0.2, 0.25) is 5.91 Å². The lowest BCUT2D eigenvalue weighted by Crippen LogP contribution is -2.32. The SMILES string of the molecule is Cc1ccnc(-c2ccc(NC(=O)CC(C)C3CCNCC3)cc2)n1. The molecule has 0 aliphatic carbocycles. The molecule has 1 amide bonds. The molecular weight excluding hydrogens is 312 g/mol. The highest BCUT2D eigenvalue weighted by atomic mass is 16.1. The summed E-state index contributed by atoms with van der Waals surface area (Å²) in [5.74, 6) is 1.86. The van der Waals surface area contributed by atoms with Crippen LogP contribution in [0.25, 0.3) is 11.4 Å². The molecule has 1 unspecified atom stereocenters. The van der Waals surface area contributed by atoms with Crippen LogP contribution >= 0.6 is 0 Å². The normalized spacial score (nSPS) is 16.4. The molecule has 3 rings (SSSR count). The maximum atomic E-state index is 12.3. The number of hydrogen-bond donors (Lipinski definition) is 2. The topological polar surface area (TPSA) is 66.9 Å². The minimum absolute atomic E-state index is 0.0885. The van der Waals surface area contributed by atoms with Crippen LogP contribution in [0.3, 0.4) is 0 Å². The standard InChI is InChI=1S/C20H26N4O/c1-14(16-8-10-21-11-9-16)13-19(25)24-18-5-3-17(4-6-18)20-22-12-7-15(2)23-20/h3-7,12,14,16,21H,8-11,13H2,1-2H3,(H,24,25). The van der Waals surface area contributed by atoms with E-state index >= 15 is 0 Å². The lowest BCUT2D eigenvalue weighted by Gasteiger charge is -2.27. The average Bonchev–Trinajstić information content (AvgIpc) is 2.63.